The van der Waals surface area contributed by atoms with Gasteiger partial charge in [-0.3, -0.25) is 0 Å². The molecule has 0 aliphatic carbocycles. The monoisotopic (exact) mass is 387 g/mol. The summed E-state index contributed by atoms with van der Waals surface area (Å²) in [5.74, 6) is 1.19. The van der Waals surface area contributed by atoms with E-state index >= 15 is 0 Å². The number of benzene rings is 2. The number of aryl methyl sites for hydroxylation is 2. The minimum Gasteiger partial charge on any atom is -0.487 e. The first-order valence-corrected chi connectivity index (χ1v) is 9.86. The fraction of sp³-hybridized carbons (Fsp3) is 0.455. The van der Waals surface area contributed by atoms with Gasteiger partial charge in [0.25, 0.3) is 0 Å². The molecule has 2 aromatic carbocycles. The number of nitrogens with one attached hydrogen (secondary N) is 1. The molecule has 0 aromatic heterocycles. The zero-order valence-electron chi connectivity index (χ0n) is 15.7. The summed E-state index contributed by atoms with van der Waals surface area (Å²) < 4.78 is 25.0. The van der Waals surface area contributed by atoms with E-state index in [0.29, 0.717) is 31.7 Å². The SMILES string of the molecule is O[C@@H](CNC[C@H](O)[C@@H]1CCc2cc(F)ccc2O1)[C@@H]1CCc2ccccc2O1. The molecule has 4 atom stereocenters. The summed E-state index contributed by atoms with van der Waals surface area (Å²) in [7, 11) is 0. The van der Waals surface area contributed by atoms with E-state index in [1.807, 2.05) is 24.3 Å². The number of hydrogen-bond donors (Lipinski definition) is 3. The van der Waals surface area contributed by atoms with Gasteiger partial charge in [-0.25, -0.2) is 4.39 Å². The van der Waals surface area contributed by atoms with Crippen molar-refractivity contribution in [2.75, 3.05) is 13.1 Å². The van der Waals surface area contributed by atoms with E-state index in [0.717, 1.165) is 24.2 Å². The third-order valence-corrected chi connectivity index (χ3v) is 5.51. The van der Waals surface area contributed by atoms with Crippen LogP contribution in [0, 0.1) is 5.82 Å². The molecule has 2 aliphatic heterocycles. The number of aliphatic hydroxyl groups excluding tert-OH is 2. The molecule has 0 amide bonds. The van der Waals surface area contributed by atoms with Gasteiger partial charge in [0.2, 0.25) is 0 Å². The maximum Gasteiger partial charge on any atom is 0.126 e. The molecule has 0 radical (unpaired) electrons. The Bertz CT molecular complexity index is 815. The molecule has 0 saturated carbocycles. The molecule has 6 heteroatoms. The molecule has 2 aromatic rings. The Hall–Kier alpha value is -2.15. The fourth-order valence-electron chi connectivity index (χ4n) is 3.91. The lowest BCUT2D eigenvalue weighted by Gasteiger charge is -2.31. The predicted octanol–water partition coefficient (Wildman–Crippen LogP) is 2.22. The smallest absolute Gasteiger partial charge is 0.126 e. The van der Waals surface area contributed by atoms with Gasteiger partial charge in [0.15, 0.2) is 0 Å². The standard InChI is InChI=1S/C22H26FNO4/c23-16-7-10-20-15(11-16)6-9-22(28-20)18(26)13-24-12-17(25)21-8-5-14-3-1-2-4-19(14)27-21/h1-4,7,10-11,17-18,21-22,24-26H,5-6,8-9,12-13H2/t17-,18-,21-,22-/m0/s1. The Morgan fingerprint density at radius 1 is 0.893 bits per heavy atom. The largest absolute Gasteiger partial charge is 0.487 e. The molecule has 2 aliphatic rings. The van der Waals surface area contributed by atoms with Crippen LogP contribution >= 0.6 is 0 Å². The van der Waals surface area contributed by atoms with Crippen molar-refractivity contribution in [2.24, 2.45) is 0 Å². The van der Waals surface area contributed by atoms with Crippen LogP contribution in [0.1, 0.15) is 24.0 Å². The van der Waals surface area contributed by atoms with Crippen molar-refractivity contribution in [3.63, 3.8) is 0 Å². The zero-order chi connectivity index (χ0) is 19.5. The molecular formula is C22H26FNO4. The Morgan fingerprint density at radius 2 is 1.50 bits per heavy atom. The molecule has 3 N–H and O–H groups in total. The van der Waals surface area contributed by atoms with E-state index in [4.69, 9.17) is 9.47 Å². The number of rotatable bonds is 6. The van der Waals surface area contributed by atoms with Crippen molar-refractivity contribution in [1.29, 1.82) is 0 Å². The first kappa shape index (κ1) is 19.2. The Morgan fingerprint density at radius 3 is 2.21 bits per heavy atom. The number of para-hydroxylation sites is 1. The highest BCUT2D eigenvalue weighted by atomic mass is 19.1. The maximum atomic E-state index is 13.3. The van der Waals surface area contributed by atoms with Crippen molar-refractivity contribution in [1.82, 2.24) is 5.32 Å². The summed E-state index contributed by atoms with van der Waals surface area (Å²) in [6.07, 6.45) is 0.984. The van der Waals surface area contributed by atoms with E-state index in [1.54, 1.807) is 6.07 Å². The van der Waals surface area contributed by atoms with Gasteiger partial charge in [0, 0.05) is 13.1 Å². The number of hydrogen-bond acceptors (Lipinski definition) is 5. The second kappa shape index (κ2) is 8.47. The van der Waals surface area contributed by atoms with Crippen LogP contribution in [0.2, 0.25) is 0 Å². The molecule has 5 nitrogen and oxygen atoms in total. The second-order valence-corrected chi connectivity index (χ2v) is 7.54. The number of ether oxygens (including phenoxy) is 2. The summed E-state index contributed by atoms with van der Waals surface area (Å²) in [5, 5.41) is 24.0. The van der Waals surface area contributed by atoms with Gasteiger partial charge in [0.05, 0.1) is 0 Å². The normalized spacial score (nSPS) is 23.0. The summed E-state index contributed by atoms with van der Waals surface area (Å²) >= 11 is 0. The summed E-state index contributed by atoms with van der Waals surface area (Å²) in [6, 6.07) is 12.3. The maximum absolute atomic E-state index is 13.3. The summed E-state index contributed by atoms with van der Waals surface area (Å²) in [4.78, 5) is 0. The molecule has 0 fully saturated rings. The van der Waals surface area contributed by atoms with Crippen LogP contribution in [-0.4, -0.2) is 47.7 Å². The van der Waals surface area contributed by atoms with Gasteiger partial charge in [-0.15, -0.1) is 0 Å². The van der Waals surface area contributed by atoms with Crippen LogP contribution in [0.15, 0.2) is 42.5 Å². The lowest BCUT2D eigenvalue weighted by atomic mass is 9.98. The number of aliphatic hydroxyl groups is 2. The van der Waals surface area contributed by atoms with Crippen molar-refractivity contribution >= 4 is 0 Å². The van der Waals surface area contributed by atoms with Gasteiger partial charge in [-0.1, -0.05) is 18.2 Å². The topological polar surface area (TPSA) is 71.0 Å². The summed E-state index contributed by atoms with van der Waals surface area (Å²) in [5.41, 5.74) is 2.01. The van der Waals surface area contributed by atoms with Crippen LogP contribution in [0.25, 0.3) is 0 Å². The summed E-state index contributed by atoms with van der Waals surface area (Å²) in [6.45, 7) is 0.639. The van der Waals surface area contributed by atoms with Crippen LogP contribution in [0.3, 0.4) is 0 Å². The zero-order valence-corrected chi connectivity index (χ0v) is 15.7. The van der Waals surface area contributed by atoms with Crippen molar-refractivity contribution in [2.45, 2.75) is 50.1 Å². The highest BCUT2D eigenvalue weighted by Crippen LogP contribution is 2.30. The van der Waals surface area contributed by atoms with Crippen LogP contribution < -0.4 is 14.8 Å². The fourth-order valence-corrected chi connectivity index (χ4v) is 3.91. The Balaban J connectivity index is 1.23. The van der Waals surface area contributed by atoms with Crippen molar-refractivity contribution in [3.8, 4) is 11.5 Å². The van der Waals surface area contributed by atoms with E-state index in [-0.39, 0.29) is 18.0 Å². The molecule has 4 rings (SSSR count). The highest BCUT2D eigenvalue weighted by Gasteiger charge is 2.28. The quantitative estimate of drug-likeness (QED) is 0.709. The van der Waals surface area contributed by atoms with Gasteiger partial charge in [-0.2, -0.15) is 0 Å². The third kappa shape index (κ3) is 4.29. The van der Waals surface area contributed by atoms with E-state index in [2.05, 4.69) is 5.32 Å². The van der Waals surface area contributed by atoms with E-state index in [9.17, 15) is 14.6 Å². The molecule has 150 valence electrons. The predicted molar refractivity (Wildman–Crippen MR) is 103 cm³/mol. The molecule has 2 heterocycles. The second-order valence-electron chi connectivity index (χ2n) is 7.54. The minimum absolute atomic E-state index is 0.257. The van der Waals surface area contributed by atoms with Gasteiger partial charge < -0.3 is 25.0 Å². The van der Waals surface area contributed by atoms with E-state index < -0.39 is 12.2 Å². The first-order chi connectivity index (χ1) is 13.6. The molecule has 0 spiro atoms. The Labute approximate surface area is 164 Å². The lowest BCUT2D eigenvalue weighted by molar-refractivity contribution is 0.00896. The number of halogens is 1. The van der Waals surface area contributed by atoms with Gasteiger partial charge in [-0.05, 0) is 61.1 Å². The third-order valence-electron chi connectivity index (χ3n) is 5.51. The molecule has 0 unspecified atom stereocenters. The average molecular weight is 387 g/mol. The lowest BCUT2D eigenvalue weighted by Crippen LogP contribution is -2.46. The highest BCUT2D eigenvalue weighted by molar-refractivity contribution is 5.36. The van der Waals surface area contributed by atoms with Crippen LogP contribution in [0.4, 0.5) is 4.39 Å². The molecule has 28 heavy (non-hydrogen) atoms. The molecule has 0 saturated heterocycles. The van der Waals surface area contributed by atoms with Crippen LogP contribution in [0.5, 0.6) is 11.5 Å². The number of fused-ring (bicyclic) bond motifs is 2. The van der Waals surface area contributed by atoms with E-state index in [1.165, 1.54) is 17.7 Å². The van der Waals surface area contributed by atoms with Crippen molar-refractivity contribution < 1.29 is 24.1 Å². The first-order valence-electron chi connectivity index (χ1n) is 9.86. The minimum atomic E-state index is -0.710. The molecular weight excluding hydrogens is 361 g/mol. The van der Waals surface area contributed by atoms with Gasteiger partial charge >= 0.3 is 0 Å². The van der Waals surface area contributed by atoms with Crippen molar-refractivity contribution in [3.05, 3.63) is 59.4 Å². The van der Waals surface area contributed by atoms with Crippen LogP contribution in [-0.2, 0) is 12.8 Å². The molecule has 0 bridgehead atoms. The average Bonchev–Trinajstić information content (AvgIpc) is 2.72. The van der Waals surface area contributed by atoms with Gasteiger partial charge in [0.1, 0.15) is 41.7 Å². The Kier molecular flexibility index (Phi) is 5.80.